The monoisotopic (exact) mass is 230 g/mol. The van der Waals surface area contributed by atoms with Crippen molar-refractivity contribution >= 4 is 11.7 Å². The standard InChI is InChI=1S/C11H10N4O2/c12-9-11(15-6-5-14-9)17-8-4-2-1-3-7(8)10(13)16/h1-6H,(H2,12,14)(H2,13,16). The molecule has 0 fully saturated rings. The number of anilines is 1. The number of para-hydroxylation sites is 1. The van der Waals surface area contributed by atoms with Crippen LogP contribution in [0.25, 0.3) is 0 Å². The summed E-state index contributed by atoms with van der Waals surface area (Å²) in [7, 11) is 0. The maximum absolute atomic E-state index is 11.2. The van der Waals surface area contributed by atoms with Gasteiger partial charge in [-0.2, -0.15) is 0 Å². The predicted octanol–water partition coefficient (Wildman–Crippen LogP) is 0.950. The smallest absolute Gasteiger partial charge is 0.262 e. The first-order valence-electron chi connectivity index (χ1n) is 4.81. The number of hydrogen-bond donors (Lipinski definition) is 2. The van der Waals surface area contributed by atoms with Crippen LogP contribution in [0.5, 0.6) is 11.6 Å². The molecule has 86 valence electrons. The first-order valence-corrected chi connectivity index (χ1v) is 4.81. The second-order valence-corrected chi connectivity index (χ2v) is 3.21. The lowest BCUT2D eigenvalue weighted by molar-refractivity contribution is 0.0998. The average molecular weight is 230 g/mol. The summed E-state index contributed by atoms with van der Waals surface area (Å²) >= 11 is 0. The first-order chi connectivity index (χ1) is 8.18. The van der Waals surface area contributed by atoms with E-state index in [9.17, 15) is 4.79 Å². The van der Waals surface area contributed by atoms with E-state index < -0.39 is 5.91 Å². The van der Waals surface area contributed by atoms with Crippen molar-refractivity contribution in [2.24, 2.45) is 5.73 Å². The van der Waals surface area contributed by atoms with Crippen LogP contribution in [-0.4, -0.2) is 15.9 Å². The van der Waals surface area contributed by atoms with Gasteiger partial charge < -0.3 is 16.2 Å². The number of carbonyl (C=O) groups excluding carboxylic acids is 1. The minimum atomic E-state index is -0.580. The molecule has 1 aromatic carbocycles. The summed E-state index contributed by atoms with van der Waals surface area (Å²) in [5.74, 6) is 0.00300. The molecule has 1 amide bonds. The van der Waals surface area contributed by atoms with Crippen molar-refractivity contribution in [3.8, 4) is 11.6 Å². The summed E-state index contributed by atoms with van der Waals surface area (Å²) < 4.78 is 5.40. The number of primary amides is 1. The van der Waals surface area contributed by atoms with Crippen LogP contribution in [0.1, 0.15) is 10.4 Å². The normalized spacial score (nSPS) is 9.88. The zero-order valence-corrected chi connectivity index (χ0v) is 8.83. The van der Waals surface area contributed by atoms with Gasteiger partial charge in [-0.25, -0.2) is 9.97 Å². The lowest BCUT2D eigenvalue weighted by Gasteiger charge is -2.08. The fourth-order valence-corrected chi connectivity index (χ4v) is 1.28. The molecule has 0 aliphatic carbocycles. The van der Waals surface area contributed by atoms with E-state index in [0.717, 1.165) is 0 Å². The van der Waals surface area contributed by atoms with Crippen LogP contribution < -0.4 is 16.2 Å². The molecule has 1 aromatic heterocycles. The molecule has 0 saturated heterocycles. The van der Waals surface area contributed by atoms with Crippen LogP contribution >= 0.6 is 0 Å². The van der Waals surface area contributed by atoms with E-state index in [2.05, 4.69) is 9.97 Å². The van der Waals surface area contributed by atoms with Crippen molar-refractivity contribution in [1.82, 2.24) is 9.97 Å². The number of nitrogens with two attached hydrogens (primary N) is 2. The van der Waals surface area contributed by atoms with E-state index >= 15 is 0 Å². The molecule has 0 unspecified atom stereocenters. The van der Waals surface area contributed by atoms with E-state index in [-0.39, 0.29) is 17.3 Å². The Morgan fingerprint density at radius 3 is 2.59 bits per heavy atom. The van der Waals surface area contributed by atoms with Gasteiger partial charge in [0.05, 0.1) is 5.56 Å². The van der Waals surface area contributed by atoms with Gasteiger partial charge in [-0.3, -0.25) is 4.79 Å². The molecule has 0 saturated carbocycles. The Balaban J connectivity index is 2.37. The van der Waals surface area contributed by atoms with Crippen LogP contribution in [-0.2, 0) is 0 Å². The van der Waals surface area contributed by atoms with Gasteiger partial charge in [0.25, 0.3) is 11.8 Å². The number of amides is 1. The number of rotatable bonds is 3. The molecule has 0 atom stereocenters. The van der Waals surface area contributed by atoms with Gasteiger partial charge in [0, 0.05) is 12.4 Å². The maximum Gasteiger partial charge on any atom is 0.262 e. The molecule has 1 heterocycles. The highest BCUT2D eigenvalue weighted by atomic mass is 16.5. The third-order valence-corrected chi connectivity index (χ3v) is 2.05. The quantitative estimate of drug-likeness (QED) is 0.816. The van der Waals surface area contributed by atoms with Crippen LogP contribution in [0.4, 0.5) is 5.82 Å². The topological polar surface area (TPSA) is 104 Å². The third kappa shape index (κ3) is 2.31. The molecule has 0 aliphatic heterocycles. The van der Waals surface area contributed by atoms with Gasteiger partial charge in [0.15, 0.2) is 5.82 Å². The van der Waals surface area contributed by atoms with Gasteiger partial charge in [0.1, 0.15) is 5.75 Å². The molecule has 2 rings (SSSR count). The Kier molecular flexibility index (Phi) is 2.87. The molecular weight excluding hydrogens is 220 g/mol. The van der Waals surface area contributed by atoms with Crippen LogP contribution in [0.15, 0.2) is 36.7 Å². The molecule has 17 heavy (non-hydrogen) atoms. The molecule has 0 radical (unpaired) electrons. The first kappa shape index (κ1) is 10.9. The van der Waals surface area contributed by atoms with Crippen LogP contribution in [0.2, 0.25) is 0 Å². The van der Waals surface area contributed by atoms with E-state index in [1.54, 1.807) is 24.3 Å². The van der Waals surface area contributed by atoms with Gasteiger partial charge in [-0.05, 0) is 12.1 Å². The van der Waals surface area contributed by atoms with Crippen molar-refractivity contribution in [2.75, 3.05) is 5.73 Å². The fourth-order valence-electron chi connectivity index (χ4n) is 1.28. The molecule has 4 N–H and O–H groups in total. The summed E-state index contributed by atoms with van der Waals surface area (Å²) in [5, 5.41) is 0. The van der Waals surface area contributed by atoms with Crippen LogP contribution in [0, 0.1) is 0 Å². The summed E-state index contributed by atoms with van der Waals surface area (Å²) in [5.41, 5.74) is 11.1. The van der Waals surface area contributed by atoms with Crippen molar-refractivity contribution in [2.45, 2.75) is 0 Å². The number of benzene rings is 1. The highest BCUT2D eigenvalue weighted by Gasteiger charge is 2.11. The molecule has 0 spiro atoms. The third-order valence-electron chi connectivity index (χ3n) is 2.05. The second kappa shape index (κ2) is 4.48. The summed E-state index contributed by atoms with van der Waals surface area (Å²) in [6.45, 7) is 0. The van der Waals surface area contributed by atoms with Gasteiger partial charge in [-0.15, -0.1) is 0 Å². The second-order valence-electron chi connectivity index (χ2n) is 3.21. The van der Waals surface area contributed by atoms with Crippen molar-refractivity contribution in [1.29, 1.82) is 0 Å². The van der Waals surface area contributed by atoms with E-state index in [4.69, 9.17) is 16.2 Å². The highest BCUT2D eigenvalue weighted by molar-refractivity contribution is 5.95. The molecule has 6 nitrogen and oxygen atoms in total. The fraction of sp³-hybridized carbons (Fsp3) is 0. The molecule has 2 aromatic rings. The number of aromatic nitrogens is 2. The van der Waals surface area contributed by atoms with E-state index in [1.807, 2.05) is 0 Å². The minimum absolute atomic E-state index is 0.140. The summed E-state index contributed by atoms with van der Waals surface area (Å²) in [6, 6.07) is 6.57. The molecule has 6 heteroatoms. The predicted molar refractivity (Wildman–Crippen MR) is 61.5 cm³/mol. The number of nitrogens with zero attached hydrogens (tertiary/aromatic N) is 2. The van der Waals surface area contributed by atoms with Crippen molar-refractivity contribution < 1.29 is 9.53 Å². The zero-order valence-electron chi connectivity index (χ0n) is 8.83. The molecule has 0 bridgehead atoms. The Hall–Kier alpha value is -2.63. The number of ether oxygens (including phenoxy) is 1. The molecule has 0 aliphatic rings. The number of carbonyl (C=O) groups is 1. The summed E-state index contributed by atoms with van der Waals surface area (Å²) in [4.78, 5) is 18.9. The van der Waals surface area contributed by atoms with E-state index in [0.29, 0.717) is 5.75 Å². The van der Waals surface area contributed by atoms with Crippen LogP contribution in [0.3, 0.4) is 0 Å². The average Bonchev–Trinajstić information content (AvgIpc) is 2.32. The number of nitrogen functional groups attached to an aromatic ring is 1. The zero-order chi connectivity index (χ0) is 12.3. The highest BCUT2D eigenvalue weighted by Crippen LogP contribution is 2.25. The largest absolute Gasteiger partial charge is 0.435 e. The van der Waals surface area contributed by atoms with Gasteiger partial charge >= 0.3 is 0 Å². The Morgan fingerprint density at radius 2 is 1.88 bits per heavy atom. The maximum atomic E-state index is 11.2. The Morgan fingerprint density at radius 1 is 1.18 bits per heavy atom. The van der Waals surface area contributed by atoms with Gasteiger partial charge in [0.2, 0.25) is 0 Å². The number of hydrogen-bond acceptors (Lipinski definition) is 5. The van der Waals surface area contributed by atoms with Crippen molar-refractivity contribution in [3.63, 3.8) is 0 Å². The minimum Gasteiger partial charge on any atom is -0.435 e. The Labute approximate surface area is 97.2 Å². The van der Waals surface area contributed by atoms with E-state index in [1.165, 1.54) is 12.4 Å². The lowest BCUT2D eigenvalue weighted by Crippen LogP contribution is -2.12. The SMILES string of the molecule is NC(=O)c1ccccc1Oc1nccnc1N. The van der Waals surface area contributed by atoms with Crippen molar-refractivity contribution in [3.05, 3.63) is 42.2 Å². The summed E-state index contributed by atoms with van der Waals surface area (Å²) in [6.07, 6.45) is 2.89. The molecular formula is C11H10N4O2. The lowest BCUT2D eigenvalue weighted by atomic mass is 10.2. The Bertz CT molecular complexity index is 557. The van der Waals surface area contributed by atoms with Gasteiger partial charge in [-0.1, -0.05) is 12.1 Å².